The molecule has 1 aromatic rings. The van der Waals surface area contributed by atoms with Crippen LogP contribution in [-0.2, 0) is 11.3 Å². The molecule has 1 N–H and O–H groups in total. The molecular formula is C15H24N2O. The standard InChI is InChI=1S/C15H24N2O/c1-15(18-3)9-6-10-17(12-15)14-8-5-4-7-13(14)11-16-2/h4-5,7-8,16H,6,9-12H2,1-3H3. The van der Waals surface area contributed by atoms with Gasteiger partial charge in [-0.2, -0.15) is 0 Å². The van der Waals surface area contributed by atoms with Crippen molar-refractivity contribution >= 4 is 5.69 Å². The fourth-order valence-corrected chi connectivity index (χ4v) is 2.74. The molecule has 1 atom stereocenters. The van der Waals surface area contributed by atoms with Gasteiger partial charge in [0, 0.05) is 32.4 Å². The highest BCUT2D eigenvalue weighted by atomic mass is 16.5. The number of para-hydroxylation sites is 1. The van der Waals surface area contributed by atoms with Crippen LogP contribution >= 0.6 is 0 Å². The number of benzene rings is 1. The molecule has 18 heavy (non-hydrogen) atoms. The number of piperidine rings is 1. The van der Waals surface area contributed by atoms with Gasteiger partial charge in [0.1, 0.15) is 0 Å². The van der Waals surface area contributed by atoms with Gasteiger partial charge in [-0.1, -0.05) is 18.2 Å². The number of hydrogen-bond acceptors (Lipinski definition) is 3. The molecule has 1 unspecified atom stereocenters. The normalized spacial score (nSPS) is 24.3. The van der Waals surface area contributed by atoms with Crippen LogP contribution in [0.1, 0.15) is 25.3 Å². The molecule has 3 nitrogen and oxygen atoms in total. The number of rotatable bonds is 4. The number of hydrogen-bond donors (Lipinski definition) is 1. The summed E-state index contributed by atoms with van der Waals surface area (Å²) in [5.74, 6) is 0. The zero-order chi connectivity index (χ0) is 13.0. The fourth-order valence-electron chi connectivity index (χ4n) is 2.74. The van der Waals surface area contributed by atoms with Crippen LogP contribution in [0.5, 0.6) is 0 Å². The highest BCUT2D eigenvalue weighted by Gasteiger charge is 2.31. The first-order chi connectivity index (χ1) is 8.68. The largest absolute Gasteiger partial charge is 0.377 e. The van der Waals surface area contributed by atoms with Crippen molar-refractivity contribution in [1.82, 2.24) is 5.32 Å². The zero-order valence-corrected chi connectivity index (χ0v) is 11.7. The number of nitrogens with zero attached hydrogens (tertiary/aromatic N) is 1. The van der Waals surface area contributed by atoms with E-state index in [1.807, 2.05) is 14.2 Å². The summed E-state index contributed by atoms with van der Waals surface area (Å²) in [4.78, 5) is 2.46. The van der Waals surface area contributed by atoms with E-state index in [-0.39, 0.29) is 5.60 Å². The van der Waals surface area contributed by atoms with Crippen molar-refractivity contribution < 1.29 is 4.74 Å². The lowest BCUT2D eigenvalue weighted by molar-refractivity contribution is -0.00468. The summed E-state index contributed by atoms with van der Waals surface area (Å²) >= 11 is 0. The summed E-state index contributed by atoms with van der Waals surface area (Å²) < 4.78 is 5.67. The Balaban J connectivity index is 2.20. The maximum absolute atomic E-state index is 5.67. The topological polar surface area (TPSA) is 24.5 Å². The van der Waals surface area contributed by atoms with Gasteiger partial charge in [0.05, 0.1) is 5.60 Å². The van der Waals surface area contributed by atoms with Gasteiger partial charge < -0.3 is 15.0 Å². The number of methoxy groups -OCH3 is 1. The molecule has 3 heteroatoms. The van der Waals surface area contributed by atoms with Crippen molar-refractivity contribution in [3.8, 4) is 0 Å². The Hall–Kier alpha value is -1.06. The summed E-state index contributed by atoms with van der Waals surface area (Å²) in [6.07, 6.45) is 2.34. The Kier molecular flexibility index (Phi) is 4.25. The van der Waals surface area contributed by atoms with Gasteiger partial charge in [0.25, 0.3) is 0 Å². The van der Waals surface area contributed by atoms with Crippen LogP contribution in [0.3, 0.4) is 0 Å². The van der Waals surface area contributed by atoms with E-state index in [2.05, 4.69) is 41.4 Å². The van der Waals surface area contributed by atoms with E-state index < -0.39 is 0 Å². The maximum atomic E-state index is 5.67. The predicted octanol–water partition coefficient (Wildman–Crippen LogP) is 2.41. The van der Waals surface area contributed by atoms with Crippen molar-refractivity contribution in [3.63, 3.8) is 0 Å². The monoisotopic (exact) mass is 248 g/mol. The van der Waals surface area contributed by atoms with Crippen molar-refractivity contribution in [2.75, 3.05) is 32.1 Å². The molecule has 1 saturated heterocycles. The van der Waals surface area contributed by atoms with Crippen LogP contribution < -0.4 is 10.2 Å². The van der Waals surface area contributed by atoms with Gasteiger partial charge >= 0.3 is 0 Å². The van der Waals surface area contributed by atoms with Crippen molar-refractivity contribution in [2.45, 2.75) is 31.9 Å². The molecule has 0 saturated carbocycles. The van der Waals surface area contributed by atoms with Gasteiger partial charge in [-0.05, 0) is 38.4 Å². The number of nitrogens with one attached hydrogen (secondary N) is 1. The molecule has 0 bridgehead atoms. The number of ether oxygens (including phenoxy) is 1. The third-order valence-corrected chi connectivity index (χ3v) is 3.85. The smallest absolute Gasteiger partial charge is 0.0825 e. The van der Waals surface area contributed by atoms with Gasteiger partial charge in [-0.3, -0.25) is 0 Å². The van der Waals surface area contributed by atoms with Crippen LogP contribution in [0.4, 0.5) is 5.69 Å². The fraction of sp³-hybridized carbons (Fsp3) is 0.600. The minimum atomic E-state index is -0.00892. The van der Waals surface area contributed by atoms with Crippen LogP contribution in [0, 0.1) is 0 Å². The molecule has 1 heterocycles. The van der Waals surface area contributed by atoms with Gasteiger partial charge in [-0.15, -0.1) is 0 Å². The summed E-state index contributed by atoms with van der Waals surface area (Å²) in [5.41, 5.74) is 2.69. The number of anilines is 1. The van der Waals surface area contributed by atoms with E-state index >= 15 is 0 Å². The van der Waals surface area contributed by atoms with Crippen molar-refractivity contribution in [1.29, 1.82) is 0 Å². The highest BCUT2D eigenvalue weighted by molar-refractivity contribution is 5.54. The highest BCUT2D eigenvalue weighted by Crippen LogP contribution is 2.29. The van der Waals surface area contributed by atoms with Gasteiger partial charge in [0.15, 0.2) is 0 Å². The third-order valence-electron chi connectivity index (χ3n) is 3.85. The SMILES string of the molecule is CNCc1ccccc1N1CCCC(C)(OC)C1. The molecule has 0 aromatic heterocycles. The Morgan fingerprint density at radius 1 is 1.39 bits per heavy atom. The first-order valence-electron chi connectivity index (χ1n) is 6.71. The van der Waals surface area contributed by atoms with Gasteiger partial charge in [-0.25, -0.2) is 0 Å². The molecule has 1 aliphatic rings. The zero-order valence-electron chi connectivity index (χ0n) is 11.7. The lowest BCUT2D eigenvalue weighted by atomic mass is 9.94. The Bertz CT molecular complexity index is 394. The molecule has 1 aromatic carbocycles. The van der Waals surface area contributed by atoms with E-state index in [4.69, 9.17) is 4.74 Å². The van der Waals surface area contributed by atoms with Crippen LogP contribution in [0.25, 0.3) is 0 Å². The molecular weight excluding hydrogens is 224 g/mol. The Morgan fingerprint density at radius 2 is 2.17 bits per heavy atom. The molecule has 0 radical (unpaired) electrons. The Morgan fingerprint density at radius 3 is 2.89 bits per heavy atom. The molecule has 1 fully saturated rings. The molecule has 0 aliphatic carbocycles. The summed E-state index contributed by atoms with van der Waals surface area (Å²) in [6, 6.07) is 8.64. The average molecular weight is 248 g/mol. The van der Waals surface area contributed by atoms with Gasteiger partial charge in [0.2, 0.25) is 0 Å². The summed E-state index contributed by atoms with van der Waals surface area (Å²) in [6.45, 7) is 5.22. The van der Waals surface area contributed by atoms with E-state index in [9.17, 15) is 0 Å². The minimum absolute atomic E-state index is 0.00892. The second-order valence-corrected chi connectivity index (χ2v) is 5.34. The minimum Gasteiger partial charge on any atom is -0.377 e. The molecule has 2 rings (SSSR count). The van der Waals surface area contributed by atoms with E-state index in [0.29, 0.717) is 0 Å². The van der Waals surface area contributed by atoms with Crippen molar-refractivity contribution in [3.05, 3.63) is 29.8 Å². The molecule has 1 aliphatic heterocycles. The second kappa shape index (κ2) is 5.72. The Labute approximate surface area is 110 Å². The maximum Gasteiger partial charge on any atom is 0.0825 e. The summed E-state index contributed by atoms with van der Waals surface area (Å²) in [7, 11) is 3.81. The second-order valence-electron chi connectivity index (χ2n) is 5.34. The van der Waals surface area contributed by atoms with Crippen LogP contribution in [-0.4, -0.2) is 32.8 Å². The molecule has 0 spiro atoms. The summed E-state index contributed by atoms with van der Waals surface area (Å²) in [5, 5.41) is 3.24. The van der Waals surface area contributed by atoms with Crippen molar-refractivity contribution in [2.24, 2.45) is 0 Å². The lowest BCUT2D eigenvalue weighted by Gasteiger charge is -2.41. The molecule has 100 valence electrons. The first kappa shape index (κ1) is 13.4. The lowest BCUT2D eigenvalue weighted by Crippen LogP contribution is -2.47. The third kappa shape index (κ3) is 2.85. The van der Waals surface area contributed by atoms with E-state index in [1.165, 1.54) is 17.7 Å². The average Bonchev–Trinajstić information content (AvgIpc) is 2.40. The van der Waals surface area contributed by atoms with Crippen LogP contribution in [0.2, 0.25) is 0 Å². The van der Waals surface area contributed by atoms with E-state index in [0.717, 1.165) is 26.1 Å². The van der Waals surface area contributed by atoms with E-state index in [1.54, 1.807) is 0 Å². The van der Waals surface area contributed by atoms with Crippen LogP contribution in [0.15, 0.2) is 24.3 Å². The molecule has 0 amide bonds. The quantitative estimate of drug-likeness (QED) is 0.885. The predicted molar refractivity (Wildman–Crippen MR) is 76.1 cm³/mol. The first-order valence-corrected chi connectivity index (χ1v) is 6.71.